The Bertz CT molecular complexity index is 496. The van der Waals surface area contributed by atoms with Crippen LogP contribution < -0.4 is 11.1 Å². The Kier molecular flexibility index (Phi) is 4.02. The van der Waals surface area contributed by atoms with Crippen LogP contribution >= 0.6 is 11.6 Å². The van der Waals surface area contributed by atoms with Crippen molar-refractivity contribution in [3.8, 4) is 5.75 Å². The van der Waals surface area contributed by atoms with E-state index in [1.165, 1.54) is 13.0 Å². The molecule has 1 saturated carbocycles. The minimum absolute atomic E-state index is 0.0364. The zero-order valence-corrected chi connectivity index (χ0v) is 11.8. The fourth-order valence-corrected chi connectivity index (χ4v) is 3.35. The number of rotatable bonds is 3. The second kappa shape index (κ2) is 5.39. The molecule has 1 aromatic rings. The predicted molar refractivity (Wildman–Crippen MR) is 76.6 cm³/mol. The van der Waals surface area contributed by atoms with Crippen LogP contribution in [0.1, 0.15) is 38.2 Å². The third kappa shape index (κ3) is 2.55. The Morgan fingerprint density at radius 1 is 1.47 bits per heavy atom. The molecule has 4 N–H and O–H groups in total. The van der Waals surface area contributed by atoms with Crippen LogP contribution in [0.2, 0.25) is 5.02 Å². The molecule has 1 aliphatic carbocycles. The standard InChI is InChI=1S/C14H19ClN2O2/c1-9(18)17-13-11(19)5-4-10(15)12(13)14(8-16)6-2-3-7-14/h4-5,19H,2-3,6-8,16H2,1H3,(H,17,18). The molecule has 0 aromatic heterocycles. The first kappa shape index (κ1) is 14.2. The highest BCUT2D eigenvalue weighted by atomic mass is 35.5. The van der Waals surface area contributed by atoms with Crippen LogP contribution in [0, 0.1) is 0 Å². The number of anilines is 1. The van der Waals surface area contributed by atoms with Gasteiger partial charge in [0.25, 0.3) is 0 Å². The number of hydrogen-bond donors (Lipinski definition) is 3. The van der Waals surface area contributed by atoms with Gasteiger partial charge < -0.3 is 16.2 Å². The first-order valence-electron chi connectivity index (χ1n) is 6.50. The Hall–Kier alpha value is -1.26. The SMILES string of the molecule is CC(=O)Nc1c(O)ccc(Cl)c1C1(CN)CCCC1. The molecule has 104 valence electrons. The van der Waals surface area contributed by atoms with E-state index in [4.69, 9.17) is 17.3 Å². The highest BCUT2D eigenvalue weighted by molar-refractivity contribution is 6.32. The summed E-state index contributed by atoms with van der Waals surface area (Å²) in [6.07, 6.45) is 4.03. The normalized spacial score (nSPS) is 17.4. The van der Waals surface area contributed by atoms with E-state index in [9.17, 15) is 9.90 Å². The van der Waals surface area contributed by atoms with Crippen LogP contribution in [-0.4, -0.2) is 17.6 Å². The molecular weight excluding hydrogens is 264 g/mol. The fourth-order valence-electron chi connectivity index (χ4n) is 3.00. The van der Waals surface area contributed by atoms with E-state index < -0.39 is 0 Å². The maximum absolute atomic E-state index is 11.3. The highest BCUT2D eigenvalue weighted by Gasteiger charge is 2.38. The number of benzene rings is 1. The molecule has 0 radical (unpaired) electrons. The summed E-state index contributed by atoms with van der Waals surface area (Å²) in [7, 11) is 0. The summed E-state index contributed by atoms with van der Waals surface area (Å²) in [5.41, 5.74) is 6.92. The third-order valence-corrected chi connectivity index (χ3v) is 4.23. The lowest BCUT2D eigenvalue weighted by Crippen LogP contribution is -2.33. The summed E-state index contributed by atoms with van der Waals surface area (Å²) in [6.45, 7) is 1.87. The number of hydrogen-bond acceptors (Lipinski definition) is 3. The van der Waals surface area contributed by atoms with Crippen molar-refractivity contribution in [3.05, 3.63) is 22.7 Å². The van der Waals surface area contributed by atoms with Crippen LogP contribution in [0.3, 0.4) is 0 Å². The molecule has 0 bridgehead atoms. The van der Waals surface area contributed by atoms with E-state index in [2.05, 4.69) is 5.32 Å². The Morgan fingerprint density at radius 3 is 2.63 bits per heavy atom. The number of nitrogens with two attached hydrogens (primary N) is 1. The molecule has 4 nitrogen and oxygen atoms in total. The third-order valence-electron chi connectivity index (χ3n) is 3.92. The van der Waals surface area contributed by atoms with Gasteiger partial charge in [-0.1, -0.05) is 24.4 Å². The van der Waals surface area contributed by atoms with Crippen molar-refractivity contribution in [2.45, 2.75) is 38.0 Å². The average molecular weight is 283 g/mol. The molecular formula is C14H19ClN2O2. The molecule has 1 aromatic carbocycles. The van der Waals surface area contributed by atoms with Gasteiger partial charge in [-0.2, -0.15) is 0 Å². The summed E-state index contributed by atoms with van der Waals surface area (Å²) in [6, 6.07) is 3.16. The van der Waals surface area contributed by atoms with Crippen LogP contribution in [0.4, 0.5) is 5.69 Å². The Morgan fingerprint density at radius 2 is 2.11 bits per heavy atom. The molecule has 5 heteroatoms. The molecule has 1 fully saturated rings. The van der Waals surface area contributed by atoms with Crippen molar-refractivity contribution in [3.63, 3.8) is 0 Å². The summed E-state index contributed by atoms with van der Waals surface area (Å²) in [4.78, 5) is 11.3. The Balaban J connectivity index is 2.59. The van der Waals surface area contributed by atoms with Gasteiger partial charge in [0.05, 0.1) is 5.69 Å². The number of phenolic OH excluding ortho intramolecular Hbond substituents is 1. The van der Waals surface area contributed by atoms with Crippen molar-refractivity contribution in [2.75, 3.05) is 11.9 Å². The van der Waals surface area contributed by atoms with Gasteiger partial charge in [0.1, 0.15) is 5.75 Å². The lowest BCUT2D eigenvalue weighted by molar-refractivity contribution is -0.114. The van der Waals surface area contributed by atoms with Gasteiger partial charge >= 0.3 is 0 Å². The molecule has 2 rings (SSSR count). The summed E-state index contributed by atoms with van der Waals surface area (Å²) < 4.78 is 0. The molecule has 0 saturated heterocycles. The second-order valence-corrected chi connectivity index (χ2v) is 5.60. The number of carbonyl (C=O) groups excluding carboxylic acids is 1. The summed E-state index contributed by atoms with van der Waals surface area (Å²) in [5.74, 6) is -0.196. The van der Waals surface area contributed by atoms with Gasteiger partial charge in [-0.3, -0.25) is 4.79 Å². The molecule has 0 heterocycles. The van der Waals surface area contributed by atoms with Gasteiger partial charge in [-0.05, 0) is 25.0 Å². The quantitative estimate of drug-likeness (QED) is 0.746. The van der Waals surface area contributed by atoms with E-state index in [1.54, 1.807) is 6.07 Å². The number of aromatic hydroxyl groups is 1. The van der Waals surface area contributed by atoms with Crippen LogP contribution in [0.15, 0.2) is 12.1 Å². The average Bonchev–Trinajstić information content (AvgIpc) is 2.83. The minimum atomic E-state index is -0.242. The van der Waals surface area contributed by atoms with Crippen molar-refractivity contribution in [2.24, 2.45) is 5.73 Å². The van der Waals surface area contributed by atoms with E-state index in [1.807, 2.05) is 0 Å². The van der Waals surface area contributed by atoms with Crippen LogP contribution in [0.25, 0.3) is 0 Å². The molecule has 0 atom stereocenters. The van der Waals surface area contributed by atoms with Crippen LogP contribution in [-0.2, 0) is 10.2 Å². The molecule has 1 amide bonds. The number of halogens is 1. The minimum Gasteiger partial charge on any atom is -0.506 e. The van der Waals surface area contributed by atoms with Crippen molar-refractivity contribution >= 4 is 23.2 Å². The van der Waals surface area contributed by atoms with Gasteiger partial charge in [-0.15, -0.1) is 0 Å². The maximum Gasteiger partial charge on any atom is 0.221 e. The van der Waals surface area contributed by atoms with Gasteiger partial charge in [0, 0.05) is 29.5 Å². The summed E-state index contributed by atoms with van der Waals surface area (Å²) >= 11 is 6.32. The zero-order chi connectivity index (χ0) is 14.0. The Labute approximate surface area is 117 Å². The van der Waals surface area contributed by atoms with Crippen molar-refractivity contribution < 1.29 is 9.90 Å². The largest absolute Gasteiger partial charge is 0.506 e. The van der Waals surface area contributed by atoms with Gasteiger partial charge in [0.15, 0.2) is 0 Å². The number of amides is 1. The molecule has 0 spiro atoms. The van der Waals surface area contributed by atoms with E-state index in [-0.39, 0.29) is 17.1 Å². The summed E-state index contributed by atoms with van der Waals surface area (Å²) in [5, 5.41) is 13.3. The first-order valence-corrected chi connectivity index (χ1v) is 6.87. The van der Waals surface area contributed by atoms with E-state index in [0.717, 1.165) is 31.2 Å². The van der Waals surface area contributed by atoms with E-state index >= 15 is 0 Å². The van der Waals surface area contributed by atoms with Crippen molar-refractivity contribution in [1.29, 1.82) is 0 Å². The predicted octanol–water partition coefficient (Wildman–Crippen LogP) is 2.77. The van der Waals surface area contributed by atoms with Crippen molar-refractivity contribution in [1.82, 2.24) is 0 Å². The van der Waals surface area contributed by atoms with E-state index in [0.29, 0.717) is 17.3 Å². The fraction of sp³-hybridized carbons (Fsp3) is 0.500. The van der Waals surface area contributed by atoms with Crippen LogP contribution in [0.5, 0.6) is 5.75 Å². The zero-order valence-electron chi connectivity index (χ0n) is 11.0. The number of phenols is 1. The topological polar surface area (TPSA) is 75.3 Å². The molecule has 0 unspecified atom stereocenters. The molecule has 1 aliphatic rings. The lowest BCUT2D eigenvalue weighted by Gasteiger charge is -2.31. The van der Waals surface area contributed by atoms with Gasteiger partial charge in [0.2, 0.25) is 5.91 Å². The smallest absolute Gasteiger partial charge is 0.221 e. The highest BCUT2D eigenvalue weighted by Crippen LogP contribution is 2.48. The number of carbonyl (C=O) groups is 1. The first-order chi connectivity index (χ1) is 9.00. The second-order valence-electron chi connectivity index (χ2n) is 5.19. The maximum atomic E-state index is 11.3. The molecule has 19 heavy (non-hydrogen) atoms. The molecule has 0 aliphatic heterocycles. The number of nitrogens with one attached hydrogen (secondary N) is 1. The van der Waals surface area contributed by atoms with Gasteiger partial charge in [-0.25, -0.2) is 0 Å². The lowest BCUT2D eigenvalue weighted by atomic mass is 9.77. The monoisotopic (exact) mass is 282 g/mol.